The van der Waals surface area contributed by atoms with E-state index in [1.54, 1.807) is 11.3 Å². The predicted molar refractivity (Wildman–Crippen MR) is 76.6 cm³/mol. The molecule has 2 aromatic rings. The van der Waals surface area contributed by atoms with Crippen molar-refractivity contribution < 1.29 is 0 Å². The van der Waals surface area contributed by atoms with Crippen molar-refractivity contribution in [3.8, 4) is 0 Å². The van der Waals surface area contributed by atoms with Gasteiger partial charge in [-0.15, -0.1) is 11.3 Å². The lowest BCUT2D eigenvalue weighted by Crippen LogP contribution is -1.94. The van der Waals surface area contributed by atoms with Crippen molar-refractivity contribution in [1.82, 2.24) is 4.98 Å². The third kappa shape index (κ3) is 3.01. The Morgan fingerprint density at radius 1 is 1.33 bits per heavy atom. The molecule has 0 amide bonds. The van der Waals surface area contributed by atoms with Crippen LogP contribution in [0.15, 0.2) is 36.0 Å². The van der Waals surface area contributed by atoms with E-state index in [-0.39, 0.29) is 0 Å². The van der Waals surface area contributed by atoms with Gasteiger partial charge in [0.15, 0.2) is 0 Å². The number of halogens is 2. The Labute approximate surface area is 115 Å². The maximum absolute atomic E-state index is 4.02. The summed E-state index contributed by atoms with van der Waals surface area (Å²) in [7, 11) is 0. The lowest BCUT2D eigenvalue weighted by molar-refractivity contribution is 0.959. The van der Waals surface area contributed by atoms with Gasteiger partial charge in [-0.25, -0.2) is 0 Å². The summed E-state index contributed by atoms with van der Waals surface area (Å²) in [6, 6.07) is 6.28. The van der Waals surface area contributed by atoms with E-state index in [1.165, 1.54) is 14.0 Å². The highest BCUT2D eigenvalue weighted by atomic mass is 127. The van der Waals surface area contributed by atoms with Crippen molar-refractivity contribution in [1.29, 1.82) is 0 Å². The van der Waals surface area contributed by atoms with E-state index in [9.17, 15) is 0 Å². The molecule has 15 heavy (non-hydrogen) atoms. The minimum atomic E-state index is 0.409. The van der Waals surface area contributed by atoms with Crippen molar-refractivity contribution in [2.75, 3.05) is 0 Å². The predicted octanol–water partition coefficient (Wildman–Crippen LogP) is 4.43. The Bertz CT molecular complexity index is 429. The van der Waals surface area contributed by atoms with Crippen molar-refractivity contribution in [2.45, 2.75) is 11.2 Å². The number of nitrogens with zero attached hydrogens (tertiary/aromatic N) is 1. The standard InChI is InChI=1S/C11H9BrINS/c12-9(11-10(13)3-6-15-11)7-8-1-4-14-5-2-8/h1-6,9H,7H2. The Morgan fingerprint density at radius 2 is 2.07 bits per heavy atom. The highest BCUT2D eigenvalue weighted by molar-refractivity contribution is 14.1. The molecule has 2 rings (SSSR count). The fraction of sp³-hybridized carbons (Fsp3) is 0.182. The van der Waals surface area contributed by atoms with Gasteiger partial charge in [-0.2, -0.15) is 0 Å². The van der Waals surface area contributed by atoms with Crippen LogP contribution >= 0.6 is 49.9 Å². The second kappa shape index (κ2) is 5.41. The fourth-order valence-electron chi connectivity index (χ4n) is 1.35. The molecule has 0 spiro atoms. The van der Waals surface area contributed by atoms with Crippen LogP contribution in [0.5, 0.6) is 0 Å². The van der Waals surface area contributed by atoms with E-state index in [1.807, 2.05) is 12.4 Å². The number of pyridine rings is 1. The maximum Gasteiger partial charge on any atom is 0.0540 e. The van der Waals surface area contributed by atoms with E-state index in [4.69, 9.17) is 0 Å². The lowest BCUT2D eigenvalue weighted by Gasteiger charge is -2.08. The Hall–Kier alpha value is 0.0600. The highest BCUT2D eigenvalue weighted by Crippen LogP contribution is 2.34. The van der Waals surface area contributed by atoms with Crippen LogP contribution < -0.4 is 0 Å². The third-order valence-electron chi connectivity index (χ3n) is 2.09. The molecule has 2 heterocycles. The normalized spacial score (nSPS) is 12.7. The Balaban J connectivity index is 2.11. The summed E-state index contributed by atoms with van der Waals surface area (Å²) in [5, 5.41) is 2.14. The molecule has 0 aliphatic carbocycles. The summed E-state index contributed by atoms with van der Waals surface area (Å²) in [4.78, 5) is 5.84. The van der Waals surface area contributed by atoms with E-state index < -0.39 is 0 Å². The quantitative estimate of drug-likeness (QED) is 0.555. The van der Waals surface area contributed by atoms with Gasteiger partial charge in [-0.3, -0.25) is 4.98 Å². The van der Waals surface area contributed by atoms with Crippen LogP contribution in [0.3, 0.4) is 0 Å². The minimum absolute atomic E-state index is 0.409. The van der Waals surface area contributed by atoms with Gasteiger partial charge in [0, 0.05) is 20.8 Å². The number of rotatable bonds is 3. The van der Waals surface area contributed by atoms with E-state index in [0.717, 1.165) is 6.42 Å². The van der Waals surface area contributed by atoms with E-state index in [2.05, 4.69) is 67.1 Å². The third-order valence-corrected chi connectivity index (χ3v) is 5.52. The number of hydrogen-bond donors (Lipinski definition) is 0. The van der Waals surface area contributed by atoms with Gasteiger partial charge < -0.3 is 0 Å². The van der Waals surface area contributed by atoms with Gasteiger partial charge in [0.1, 0.15) is 0 Å². The van der Waals surface area contributed by atoms with Crippen LogP contribution in [0.25, 0.3) is 0 Å². The van der Waals surface area contributed by atoms with Crippen LogP contribution in [-0.2, 0) is 6.42 Å². The zero-order valence-corrected chi connectivity index (χ0v) is 12.4. The monoisotopic (exact) mass is 393 g/mol. The lowest BCUT2D eigenvalue weighted by atomic mass is 10.1. The first-order valence-corrected chi connectivity index (χ1v) is 7.40. The molecule has 1 unspecified atom stereocenters. The van der Waals surface area contributed by atoms with Crippen LogP contribution in [0, 0.1) is 3.57 Å². The molecule has 2 aromatic heterocycles. The van der Waals surface area contributed by atoms with Crippen molar-refractivity contribution in [2.24, 2.45) is 0 Å². The first-order chi connectivity index (χ1) is 7.27. The topological polar surface area (TPSA) is 12.9 Å². The second-order valence-corrected chi connectivity index (χ2v) is 6.38. The molecule has 0 radical (unpaired) electrons. The van der Waals surface area contributed by atoms with Crippen molar-refractivity contribution in [3.05, 3.63) is 50.0 Å². The largest absolute Gasteiger partial charge is 0.265 e. The summed E-state index contributed by atoms with van der Waals surface area (Å²) in [6.07, 6.45) is 4.70. The Morgan fingerprint density at radius 3 is 2.67 bits per heavy atom. The second-order valence-electron chi connectivity index (χ2n) is 3.16. The summed E-state index contributed by atoms with van der Waals surface area (Å²) < 4.78 is 1.34. The summed E-state index contributed by atoms with van der Waals surface area (Å²) >= 11 is 7.93. The van der Waals surface area contributed by atoms with Gasteiger partial charge >= 0.3 is 0 Å². The van der Waals surface area contributed by atoms with Gasteiger partial charge in [-0.05, 0) is 58.2 Å². The fourth-order valence-corrected chi connectivity index (χ4v) is 4.66. The molecule has 0 saturated carbocycles. The molecular weight excluding hydrogens is 385 g/mol. The highest BCUT2D eigenvalue weighted by Gasteiger charge is 2.12. The van der Waals surface area contributed by atoms with Gasteiger partial charge in [0.05, 0.1) is 4.83 Å². The summed E-state index contributed by atoms with van der Waals surface area (Å²) in [5.74, 6) is 0. The molecule has 78 valence electrons. The molecule has 1 atom stereocenters. The minimum Gasteiger partial charge on any atom is -0.265 e. The van der Waals surface area contributed by atoms with Gasteiger partial charge in [0.2, 0.25) is 0 Å². The maximum atomic E-state index is 4.02. The average Bonchev–Trinajstić information content (AvgIpc) is 2.66. The van der Waals surface area contributed by atoms with E-state index >= 15 is 0 Å². The van der Waals surface area contributed by atoms with Crippen LogP contribution in [-0.4, -0.2) is 4.98 Å². The molecule has 0 N–H and O–H groups in total. The molecule has 0 bridgehead atoms. The van der Waals surface area contributed by atoms with Crippen LogP contribution in [0.1, 0.15) is 15.3 Å². The molecule has 4 heteroatoms. The van der Waals surface area contributed by atoms with Crippen LogP contribution in [0.2, 0.25) is 0 Å². The number of thiophene rings is 1. The molecule has 0 saturated heterocycles. The van der Waals surface area contributed by atoms with Crippen molar-refractivity contribution in [3.63, 3.8) is 0 Å². The number of hydrogen-bond acceptors (Lipinski definition) is 2. The molecule has 0 aliphatic heterocycles. The van der Waals surface area contributed by atoms with Gasteiger partial charge in [0.25, 0.3) is 0 Å². The first-order valence-electron chi connectivity index (χ1n) is 4.53. The van der Waals surface area contributed by atoms with Crippen LogP contribution in [0.4, 0.5) is 0 Å². The molecule has 0 fully saturated rings. The molecule has 1 nitrogen and oxygen atoms in total. The number of aromatic nitrogens is 1. The Kier molecular flexibility index (Phi) is 4.16. The average molecular weight is 394 g/mol. The van der Waals surface area contributed by atoms with E-state index in [0.29, 0.717) is 4.83 Å². The SMILES string of the molecule is BrC(Cc1ccncc1)c1sccc1I. The zero-order valence-electron chi connectivity index (χ0n) is 7.86. The smallest absolute Gasteiger partial charge is 0.0540 e. The van der Waals surface area contributed by atoms with Crippen molar-refractivity contribution >= 4 is 49.9 Å². The molecule has 0 aromatic carbocycles. The summed E-state index contributed by atoms with van der Waals surface area (Å²) in [5.41, 5.74) is 1.32. The number of alkyl halides is 1. The molecular formula is C11H9BrINS. The first kappa shape index (κ1) is 11.5. The van der Waals surface area contributed by atoms with Gasteiger partial charge in [-0.1, -0.05) is 15.9 Å². The summed E-state index contributed by atoms with van der Waals surface area (Å²) in [6.45, 7) is 0. The molecule has 0 aliphatic rings. The zero-order chi connectivity index (χ0) is 10.7.